The fraction of sp³-hybridized carbons (Fsp3) is 0.200. The van der Waals surface area contributed by atoms with Crippen LogP contribution in [0, 0.1) is 10.1 Å². The normalized spacial score (nSPS) is 10.6. The second-order valence-electron chi connectivity index (χ2n) is 6.20. The summed E-state index contributed by atoms with van der Waals surface area (Å²) < 4.78 is 10.3. The smallest absolute Gasteiger partial charge is 0.276 e. The Labute approximate surface area is 165 Å². The predicted octanol–water partition coefficient (Wildman–Crippen LogP) is 2.43. The average molecular weight is 397 g/mol. The molecule has 0 radical (unpaired) electrons. The Bertz CT molecular complexity index is 1140. The summed E-state index contributed by atoms with van der Waals surface area (Å²) in [5.41, 5.74) is 0.347. The molecule has 0 atom stereocenters. The molecule has 0 saturated heterocycles. The predicted molar refractivity (Wildman–Crippen MR) is 107 cm³/mol. The van der Waals surface area contributed by atoms with Gasteiger partial charge < -0.3 is 19.8 Å². The number of aromatic amines is 1. The fourth-order valence-corrected chi connectivity index (χ4v) is 3.00. The molecule has 0 aliphatic heterocycles. The van der Waals surface area contributed by atoms with Gasteiger partial charge >= 0.3 is 0 Å². The molecule has 0 fully saturated rings. The molecule has 0 unspecified atom stereocenters. The molecule has 150 valence electrons. The first kappa shape index (κ1) is 19.9. The summed E-state index contributed by atoms with van der Waals surface area (Å²) in [6.07, 6.45) is 0.174. The van der Waals surface area contributed by atoms with Crippen molar-refractivity contribution in [1.29, 1.82) is 0 Å². The molecule has 0 aliphatic rings. The molecule has 9 heteroatoms. The number of fused-ring (bicyclic) bond motifs is 1. The van der Waals surface area contributed by atoms with E-state index >= 15 is 0 Å². The number of rotatable bonds is 7. The highest BCUT2D eigenvalue weighted by Gasteiger charge is 2.20. The van der Waals surface area contributed by atoms with Crippen LogP contribution >= 0.6 is 0 Å². The van der Waals surface area contributed by atoms with Crippen molar-refractivity contribution in [3.05, 3.63) is 74.1 Å². The molecule has 1 heterocycles. The van der Waals surface area contributed by atoms with E-state index in [0.29, 0.717) is 16.8 Å². The third kappa shape index (κ3) is 4.18. The fourth-order valence-electron chi connectivity index (χ4n) is 3.00. The molecule has 0 saturated carbocycles. The second kappa shape index (κ2) is 8.42. The molecule has 2 aromatic carbocycles. The molecule has 1 aromatic heterocycles. The molecule has 1 amide bonds. The zero-order valence-corrected chi connectivity index (χ0v) is 15.9. The number of benzene rings is 2. The molecule has 3 aromatic rings. The Kier molecular flexibility index (Phi) is 5.77. The second-order valence-corrected chi connectivity index (χ2v) is 6.20. The van der Waals surface area contributed by atoms with Crippen molar-refractivity contribution in [2.24, 2.45) is 0 Å². The van der Waals surface area contributed by atoms with E-state index in [4.69, 9.17) is 9.47 Å². The molecule has 2 N–H and O–H groups in total. The quantitative estimate of drug-likeness (QED) is 0.466. The number of hydrogen-bond donors (Lipinski definition) is 2. The van der Waals surface area contributed by atoms with E-state index in [1.54, 1.807) is 24.3 Å². The molecule has 0 bridgehead atoms. The Morgan fingerprint density at radius 2 is 1.83 bits per heavy atom. The van der Waals surface area contributed by atoms with Gasteiger partial charge in [0.05, 0.1) is 25.2 Å². The first-order valence-corrected chi connectivity index (χ1v) is 8.74. The summed E-state index contributed by atoms with van der Waals surface area (Å²) in [7, 11) is 2.82. The van der Waals surface area contributed by atoms with Crippen LogP contribution in [-0.4, -0.2) is 36.6 Å². The van der Waals surface area contributed by atoms with Crippen molar-refractivity contribution >= 4 is 22.5 Å². The lowest BCUT2D eigenvalue weighted by Crippen LogP contribution is -2.31. The highest BCUT2D eigenvalue weighted by Crippen LogP contribution is 2.34. The van der Waals surface area contributed by atoms with E-state index in [9.17, 15) is 19.7 Å². The monoisotopic (exact) mass is 397 g/mol. The van der Waals surface area contributed by atoms with Crippen LogP contribution in [0.1, 0.15) is 15.9 Å². The number of aromatic nitrogens is 1. The van der Waals surface area contributed by atoms with Crippen molar-refractivity contribution in [1.82, 2.24) is 10.3 Å². The van der Waals surface area contributed by atoms with E-state index in [1.807, 2.05) is 0 Å². The highest BCUT2D eigenvalue weighted by molar-refractivity contribution is 5.97. The summed E-state index contributed by atoms with van der Waals surface area (Å²) >= 11 is 0. The first-order valence-electron chi connectivity index (χ1n) is 8.74. The van der Waals surface area contributed by atoms with Crippen molar-refractivity contribution in [2.75, 3.05) is 20.8 Å². The van der Waals surface area contributed by atoms with Crippen LogP contribution in [-0.2, 0) is 6.42 Å². The average Bonchev–Trinajstić information content (AvgIpc) is 2.72. The lowest BCUT2D eigenvalue weighted by atomic mass is 10.1. The standard InChI is InChI=1S/C20H19N3O6/c1-28-17-10-13(16(23(26)27)11-18(17)29-2)7-8-21-19(24)14-9-12-5-3-4-6-15(12)22-20(14)25/h3-6,9-11H,7-8H2,1-2H3,(H,21,24)(H,22,25). The summed E-state index contributed by atoms with van der Waals surface area (Å²) in [5.74, 6) is 0.0419. The van der Waals surface area contributed by atoms with Crippen molar-refractivity contribution in [2.45, 2.75) is 6.42 Å². The van der Waals surface area contributed by atoms with Gasteiger partial charge in [0.15, 0.2) is 11.5 Å². The van der Waals surface area contributed by atoms with E-state index < -0.39 is 16.4 Å². The van der Waals surface area contributed by atoms with Crippen LogP contribution in [0.15, 0.2) is 47.3 Å². The SMILES string of the molecule is COc1cc(CCNC(=O)c2cc3ccccc3[nH]c2=O)c([N+](=O)[O-])cc1OC. The van der Waals surface area contributed by atoms with E-state index in [-0.39, 0.29) is 30.0 Å². The number of nitrogens with zero attached hydrogens (tertiary/aromatic N) is 1. The number of amides is 1. The molecular formula is C20H19N3O6. The maximum atomic E-state index is 12.4. The summed E-state index contributed by atoms with van der Waals surface area (Å²) in [6, 6.07) is 11.4. The first-order chi connectivity index (χ1) is 13.9. The van der Waals surface area contributed by atoms with E-state index in [2.05, 4.69) is 10.3 Å². The third-order valence-corrected chi connectivity index (χ3v) is 4.46. The van der Waals surface area contributed by atoms with Gasteiger partial charge in [0.2, 0.25) is 0 Å². The van der Waals surface area contributed by atoms with Crippen LogP contribution in [0.5, 0.6) is 11.5 Å². The van der Waals surface area contributed by atoms with Gasteiger partial charge in [-0.25, -0.2) is 0 Å². The lowest BCUT2D eigenvalue weighted by molar-refractivity contribution is -0.385. The number of carbonyl (C=O) groups excluding carboxylic acids is 1. The number of hydrogen-bond acceptors (Lipinski definition) is 6. The third-order valence-electron chi connectivity index (χ3n) is 4.46. The molecule has 9 nitrogen and oxygen atoms in total. The van der Waals surface area contributed by atoms with Crippen molar-refractivity contribution in [3.8, 4) is 11.5 Å². The van der Waals surface area contributed by atoms with Gasteiger partial charge in [-0.3, -0.25) is 19.7 Å². The van der Waals surface area contributed by atoms with E-state index in [0.717, 1.165) is 5.39 Å². The molecule has 0 spiro atoms. The minimum atomic E-state index is -0.555. The van der Waals surface area contributed by atoms with Gasteiger partial charge in [0.1, 0.15) is 5.56 Å². The van der Waals surface area contributed by atoms with Crippen LogP contribution in [0.3, 0.4) is 0 Å². The van der Waals surface area contributed by atoms with Gasteiger partial charge in [0.25, 0.3) is 17.2 Å². The van der Waals surface area contributed by atoms with Gasteiger partial charge in [-0.05, 0) is 30.0 Å². The number of methoxy groups -OCH3 is 2. The number of para-hydroxylation sites is 1. The summed E-state index contributed by atoms with van der Waals surface area (Å²) in [5, 5.41) is 14.7. The minimum absolute atomic E-state index is 0.0227. The van der Waals surface area contributed by atoms with Gasteiger partial charge in [0, 0.05) is 17.6 Å². The highest BCUT2D eigenvalue weighted by atomic mass is 16.6. The number of pyridine rings is 1. The summed E-state index contributed by atoms with van der Waals surface area (Å²) in [4.78, 5) is 38.1. The van der Waals surface area contributed by atoms with Crippen LogP contribution in [0.25, 0.3) is 10.9 Å². The molecule has 3 rings (SSSR count). The number of nitro groups is 1. The maximum absolute atomic E-state index is 12.4. The topological polar surface area (TPSA) is 124 Å². The lowest BCUT2D eigenvalue weighted by Gasteiger charge is -2.11. The van der Waals surface area contributed by atoms with Gasteiger partial charge in [-0.2, -0.15) is 0 Å². The molecule has 0 aliphatic carbocycles. The largest absolute Gasteiger partial charge is 0.493 e. The Morgan fingerprint density at radius 1 is 1.14 bits per heavy atom. The Morgan fingerprint density at radius 3 is 2.52 bits per heavy atom. The molecule has 29 heavy (non-hydrogen) atoms. The number of nitro benzene ring substituents is 1. The van der Waals surface area contributed by atoms with Crippen molar-refractivity contribution < 1.29 is 19.2 Å². The number of nitrogens with one attached hydrogen (secondary N) is 2. The van der Waals surface area contributed by atoms with Gasteiger partial charge in [-0.15, -0.1) is 0 Å². The Balaban J connectivity index is 1.77. The zero-order chi connectivity index (χ0) is 21.0. The van der Waals surface area contributed by atoms with Crippen LogP contribution < -0.4 is 20.3 Å². The van der Waals surface area contributed by atoms with Crippen LogP contribution in [0.2, 0.25) is 0 Å². The van der Waals surface area contributed by atoms with Crippen LogP contribution in [0.4, 0.5) is 5.69 Å². The number of H-pyrrole nitrogens is 1. The summed E-state index contributed by atoms with van der Waals surface area (Å²) in [6.45, 7) is 0.0986. The number of ether oxygens (including phenoxy) is 2. The van der Waals surface area contributed by atoms with Gasteiger partial charge in [-0.1, -0.05) is 18.2 Å². The zero-order valence-electron chi connectivity index (χ0n) is 15.9. The minimum Gasteiger partial charge on any atom is -0.493 e. The molecular weight excluding hydrogens is 378 g/mol. The van der Waals surface area contributed by atoms with E-state index in [1.165, 1.54) is 32.4 Å². The number of carbonyl (C=O) groups is 1. The van der Waals surface area contributed by atoms with Crippen molar-refractivity contribution in [3.63, 3.8) is 0 Å². The Hall–Kier alpha value is -3.88. The maximum Gasteiger partial charge on any atom is 0.276 e.